The van der Waals surface area contributed by atoms with E-state index in [4.69, 9.17) is 0 Å². The first-order valence-electron chi connectivity index (χ1n) is 8.35. The zero-order chi connectivity index (χ0) is 18.5. The molecular weight excluding hydrogens is 352 g/mol. The highest BCUT2D eigenvalue weighted by Gasteiger charge is 2.23. The van der Waals surface area contributed by atoms with Gasteiger partial charge < -0.3 is 15.2 Å². The molecule has 1 aliphatic rings. The van der Waals surface area contributed by atoms with E-state index in [1.807, 2.05) is 30.3 Å². The van der Waals surface area contributed by atoms with Crippen molar-refractivity contribution < 1.29 is 9.59 Å². The van der Waals surface area contributed by atoms with Crippen LogP contribution in [0.15, 0.2) is 46.3 Å². The van der Waals surface area contributed by atoms with Crippen molar-refractivity contribution in [1.29, 1.82) is 0 Å². The summed E-state index contributed by atoms with van der Waals surface area (Å²) in [5.41, 5.74) is 0.865. The van der Waals surface area contributed by atoms with Crippen molar-refractivity contribution >= 4 is 29.3 Å². The highest BCUT2D eigenvalue weighted by Crippen LogP contribution is 2.19. The Morgan fingerprint density at radius 1 is 1.31 bits per heavy atom. The van der Waals surface area contributed by atoms with Crippen molar-refractivity contribution in [2.45, 2.75) is 30.5 Å². The van der Waals surface area contributed by atoms with Gasteiger partial charge in [0.2, 0.25) is 11.8 Å². The van der Waals surface area contributed by atoms with E-state index >= 15 is 0 Å². The second-order valence-corrected chi connectivity index (χ2v) is 7.10. The number of nitrogens with zero attached hydrogens (tertiary/aromatic N) is 2. The SMILES string of the molecule is CN(C(=O)CSc1nc(CC(=O)NC2CC2)cc(=O)[nH]1)c1ccccc1. The van der Waals surface area contributed by atoms with E-state index in [9.17, 15) is 14.4 Å². The van der Waals surface area contributed by atoms with Crippen LogP contribution in [0.2, 0.25) is 0 Å². The van der Waals surface area contributed by atoms with Gasteiger partial charge in [-0.15, -0.1) is 0 Å². The minimum absolute atomic E-state index is 0.0614. The van der Waals surface area contributed by atoms with Crippen LogP contribution in [0.4, 0.5) is 5.69 Å². The standard InChI is InChI=1S/C18H20N4O3S/c1-22(14-5-3-2-4-6-14)17(25)11-26-18-20-13(10-16(24)21-18)9-15(23)19-12-7-8-12/h2-6,10,12H,7-9,11H2,1H3,(H,19,23)(H,20,21,24). The molecule has 0 radical (unpaired) electrons. The van der Waals surface area contributed by atoms with E-state index in [0.717, 1.165) is 30.3 Å². The highest BCUT2D eigenvalue weighted by molar-refractivity contribution is 7.99. The number of aromatic amines is 1. The number of benzene rings is 1. The number of aromatic nitrogens is 2. The van der Waals surface area contributed by atoms with Crippen LogP contribution in [0.3, 0.4) is 0 Å². The number of carbonyl (C=O) groups is 2. The van der Waals surface area contributed by atoms with Crippen molar-refractivity contribution in [1.82, 2.24) is 15.3 Å². The Kier molecular flexibility index (Phi) is 5.72. The molecule has 2 amide bonds. The van der Waals surface area contributed by atoms with Gasteiger partial charge in [-0.25, -0.2) is 4.98 Å². The lowest BCUT2D eigenvalue weighted by Crippen LogP contribution is -2.28. The van der Waals surface area contributed by atoms with E-state index < -0.39 is 0 Å². The molecule has 0 saturated heterocycles. The number of H-pyrrole nitrogens is 1. The normalized spacial score (nSPS) is 13.3. The van der Waals surface area contributed by atoms with Crippen molar-refractivity contribution in [3.8, 4) is 0 Å². The molecule has 0 atom stereocenters. The number of hydrogen-bond acceptors (Lipinski definition) is 5. The summed E-state index contributed by atoms with van der Waals surface area (Å²) in [4.78, 5) is 44.4. The lowest BCUT2D eigenvalue weighted by atomic mass is 10.3. The Bertz CT molecular complexity index is 849. The van der Waals surface area contributed by atoms with Crippen LogP contribution in [0, 0.1) is 0 Å². The van der Waals surface area contributed by atoms with Gasteiger partial charge >= 0.3 is 0 Å². The predicted molar refractivity (Wildman–Crippen MR) is 100 cm³/mol. The monoisotopic (exact) mass is 372 g/mol. The molecule has 3 rings (SSSR count). The van der Waals surface area contributed by atoms with E-state index in [0.29, 0.717) is 10.9 Å². The first-order chi connectivity index (χ1) is 12.5. The van der Waals surface area contributed by atoms with Gasteiger partial charge in [0, 0.05) is 24.8 Å². The predicted octanol–water partition coefficient (Wildman–Crippen LogP) is 1.35. The molecule has 1 aliphatic carbocycles. The molecule has 1 aromatic heterocycles. The van der Waals surface area contributed by atoms with Crippen LogP contribution in [-0.2, 0) is 16.0 Å². The summed E-state index contributed by atoms with van der Waals surface area (Å²) in [6.45, 7) is 0. The zero-order valence-electron chi connectivity index (χ0n) is 14.4. The minimum Gasteiger partial charge on any atom is -0.353 e. The van der Waals surface area contributed by atoms with Crippen molar-refractivity contribution in [3.05, 3.63) is 52.4 Å². The second kappa shape index (κ2) is 8.18. The van der Waals surface area contributed by atoms with Crippen molar-refractivity contribution in [3.63, 3.8) is 0 Å². The quantitative estimate of drug-likeness (QED) is 0.565. The Morgan fingerprint density at radius 3 is 2.73 bits per heavy atom. The summed E-state index contributed by atoms with van der Waals surface area (Å²) in [6.07, 6.45) is 2.07. The molecule has 0 unspecified atom stereocenters. The first-order valence-corrected chi connectivity index (χ1v) is 9.34. The molecule has 136 valence electrons. The lowest BCUT2D eigenvalue weighted by Gasteiger charge is -2.16. The van der Waals surface area contributed by atoms with E-state index in [-0.39, 0.29) is 35.6 Å². The van der Waals surface area contributed by atoms with E-state index in [1.54, 1.807) is 11.9 Å². The number of thioether (sulfide) groups is 1. The van der Waals surface area contributed by atoms with Crippen LogP contribution < -0.4 is 15.8 Å². The number of para-hydroxylation sites is 1. The average molecular weight is 372 g/mol. The molecule has 2 N–H and O–H groups in total. The zero-order valence-corrected chi connectivity index (χ0v) is 15.2. The van der Waals surface area contributed by atoms with Gasteiger partial charge in [0.25, 0.3) is 5.56 Å². The van der Waals surface area contributed by atoms with Gasteiger partial charge in [0.1, 0.15) is 0 Å². The van der Waals surface area contributed by atoms with Crippen LogP contribution >= 0.6 is 11.8 Å². The summed E-state index contributed by atoms with van der Waals surface area (Å²) in [7, 11) is 1.70. The summed E-state index contributed by atoms with van der Waals surface area (Å²) in [5.74, 6) is -0.117. The lowest BCUT2D eigenvalue weighted by molar-refractivity contribution is -0.120. The van der Waals surface area contributed by atoms with Crippen LogP contribution in [0.25, 0.3) is 0 Å². The molecule has 0 aliphatic heterocycles. The third-order valence-corrected chi connectivity index (χ3v) is 4.77. The summed E-state index contributed by atoms with van der Waals surface area (Å²) >= 11 is 1.14. The largest absolute Gasteiger partial charge is 0.353 e. The third-order valence-electron chi connectivity index (χ3n) is 3.91. The topological polar surface area (TPSA) is 95.2 Å². The molecule has 1 heterocycles. The van der Waals surface area contributed by atoms with Gasteiger partial charge in [-0.1, -0.05) is 30.0 Å². The minimum atomic E-state index is -0.333. The van der Waals surface area contributed by atoms with Crippen LogP contribution in [0.1, 0.15) is 18.5 Å². The number of nitrogens with one attached hydrogen (secondary N) is 2. The van der Waals surface area contributed by atoms with Crippen molar-refractivity contribution in [2.75, 3.05) is 17.7 Å². The third kappa shape index (κ3) is 5.19. The summed E-state index contributed by atoms with van der Waals surface area (Å²) in [5, 5.41) is 3.20. The molecule has 0 spiro atoms. The Balaban J connectivity index is 1.59. The molecule has 1 aromatic carbocycles. The van der Waals surface area contributed by atoms with Crippen LogP contribution in [0.5, 0.6) is 0 Å². The van der Waals surface area contributed by atoms with Crippen molar-refractivity contribution in [2.24, 2.45) is 0 Å². The number of anilines is 1. The molecule has 26 heavy (non-hydrogen) atoms. The summed E-state index contributed by atoms with van der Waals surface area (Å²) < 4.78 is 0. The molecule has 2 aromatic rings. The Hall–Kier alpha value is -2.61. The number of carbonyl (C=O) groups excluding carboxylic acids is 2. The number of rotatable bonds is 7. The number of hydrogen-bond donors (Lipinski definition) is 2. The smallest absolute Gasteiger partial charge is 0.251 e. The van der Waals surface area contributed by atoms with Gasteiger partial charge in [-0.2, -0.15) is 0 Å². The van der Waals surface area contributed by atoms with Gasteiger partial charge in [0.05, 0.1) is 17.9 Å². The molecular formula is C18H20N4O3S. The Morgan fingerprint density at radius 2 is 2.04 bits per heavy atom. The van der Waals surface area contributed by atoms with Gasteiger partial charge in [0.15, 0.2) is 5.16 Å². The van der Waals surface area contributed by atoms with E-state index in [2.05, 4.69) is 15.3 Å². The van der Waals surface area contributed by atoms with Gasteiger partial charge in [-0.05, 0) is 25.0 Å². The number of amides is 2. The fourth-order valence-corrected chi connectivity index (χ4v) is 3.14. The molecule has 7 nitrogen and oxygen atoms in total. The summed E-state index contributed by atoms with van der Waals surface area (Å²) in [6, 6.07) is 10.9. The van der Waals surface area contributed by atoms with Gasteiger partial charge in [-0.3, -0.25) is 14.4 Å². The van der Waals surface area contributed by atoms with E-state index in [1.165, 1.54) is 6.07 Å². The van der Waals surface area contributed by atoms with Crippen LogP contribution in [-0.4, -0.2) is 40.6 Å². The maximum Gasteiger partial charge on any atom is 0.251 e. The molecule has 1 fully saturated rings. The maximum atomic E-state index is 12.3. The first kappa shape index (κ1) is 18.2. The second-order valence-electron chi connectivity index (χ2n) is 6.14. The highest BCUT2D eigenvalue weighted by atomic mass is 32.2. The Labute approximate surface area is 155 Å². The maximum absolute atomic E-state index is 12.3. The molecule has 8 heteroatoms. The molecule has 0 bridgehead atoms. The average Bonchev–Trinajstić information content (AvgIpc) is 3.43. The fraction of sp³-hybridized carbons (Fsp3) is 0.333. The molecule has 1 saturated carbocycles. The fourth-order valence-electron chi connectivity index (χ4n) is 2.34.